The predicted octanol–water partition coefficient (Wildman–Crippen LogP) is 4.27. The van der Waals surface area contributed by atoms with E-state index in [4.69, 9.17) is 23.2 Å². The van der Waals surface area contributed by atoms with Crippen molar-refractivity contribution < 1.29 is 4.79 Å². The van der Waals surface area contributed by atoms with Crippen LogP contribution in [0.5, 0.6) is 0 Å². The Labute approximate surface area is 133 Å². The molecule has 2 aromatic rings. The monoisotopic (exact) mass is 323 g/mol. The lowest BCUT2D eigenvalue weighted by Crippen LogP contribution is -2.24. The van der Waals surface area contributed by atoms with Gasteiger partial charge in [-0.05, 0) is 24.6 Å². The fourth-order valence-electron chi connectivity index (χ4n) is 1.73. The molecule has 0 saturated heterocycles. The number of nitrogens with one attached hydrogen (secondary N) is 2. The molecule has 0 aliphatic carbocycles. The average Bonchev–Trinajstić information content (AvgIpc) is 2.49. The Kier molecular flexibility index (Phi) is 5.42. The third-order valence-corrected chi connectivity index (χ3v) is 3.40. The zero-order chi connectivity index (χ0) is 15.2. The molecule has 0 aliphatic rings. The molecule has 6 heteroatoms. The van der Waals surface area contributed by atoms with Gasteiger partial charge in [0.1, 0.15) is 0 Å². The van der Waals surface area contributed by atoms with E-state index in [-0.39, 0.29) is 5.91 Å². The van der Waals surface area contributed by atoms with Crippen LogP contribution in [0.1, 0.15) is 23.7 Å². The van der Waals surface area contributed by atoms with Crippen LogP contribution in [0.4, 0.5) is 11.4 Å². The van der Waals surface area contributed by atoms with Gasteiger partial charge in [0.2, 0.25) is 0 Å². The van der Waals surface area contributed by atoms with E-state index in [0.717, 1.165) is 6.42 Å². The maximum Gasteiger partial charge on any atom is 0.252 e. The first-order chi connectivity index (χ1) is 10.1. The normalized spacial score (nSPS) is 10.2. The number of halogens is 2. The van der Waals surface area contributed by atoms with Crippen LogP contribution in [0.2, 0.25) is 10.0 Å². The zero-order valence-corrected chi connectivity index (χ0v) is 13.0. The van der Waals surface area contributed by atoms with Gasteiger partial charge < -0.3 is 10.6 Å². The van der Waals surface area contributed by atoms with Crippen molar-refractivity contribution in [2.45, 2.75) is 13.3 Å². The van der Waals surface area contributed by atoms with E-state index in [1.807, 2.05) is 6.92 Å². The summed E-state index contributed by atoms with van der Waals surface area (Å²) in [7, 11) is 0. The van der Waals surface area contributed by atoms with Crippen molar-refractivity contribution in [3.05, 3.63) is 52.3 Å². The van der Waals surface area contributed by atoms with Crippen LogP contribution in [-0.4, -0.2) is 17.4 Å². The maximum absolute atomic E-state index is 11.9. The van der Waals surface area contributed by atoms with Crippen LogP contribution in [0.3, 0.4) is 0 Å². The smallest absolute Gasteiger partial charge is 0.252 e. The second kappa shape index (κ2) is 7.29. The SMILES string of the molecule is CCCNC(=O)c1cncc(Nc2c(Cl)cccc2Cl)c1. The number of anilines is 2. The van der Waals surface area contributed by atoms with Crippen LogP contribution in [0, 0.1) is 0 Å². The number of hydrogen-bond donors (Lipinski definition) is 2. The van der Waals surface area contributed by atoms with E-state index in [9.17, 15) is 4.79 Å². The molecule has 0 aliphatic heterocycles. The lowest BCUT2D eigenvalue weighted by Gasteiger charge is -2.11. The molecule has 0 spiro atoms. The second-order valence-corrected chi connectivity index (χ2v) is 5.25. The van der Waals surface area contributed by atoms with Crippen molar-refractivity contribution in [3.8, 4) is 0 Å². The predicted molar refractivity (Wildman–Crippen MR) is 86.6 cm³/mol. The number of benzene rings is 1. The fourth-order valence-corrected chi connectivity index (χ4v) is 2.23. The molecule has 110 valence electrons. The summed E-state index contributed by atoms with van der Waals surface area (Å²) in [4.78, 5) is 16.0. The van der Waals surface area contributed by atoms with Gasteiger partial charge in [-0.25, -0.2) is 0 Å². The van der Waals surface area contributed by atoms with Crippen LogP contribution in [-0.2, 0) is 0 Å². The molecular formula is C15H15Cl2N3O. The van der Waals surface area contributed by atoms with Crippen molar-refractivity contribution in [1.29, 1.82) is 0 Å². The minimum absolute atomic E-state index is 0.154. The largest absolute Gasteiger partial charge is 0.352 e. The highest BCUT2D eigenvalue weighted by Crippen LogP contribution is 2.32. The Morgan fingerprint density at radius 2 is 1.95 bits per heavy atom. The van der Waals surface area contributed by atoms with Crippen LogP contribution >= 0.6 is 23.2 Å². The number of para-hydroxylation sites is 1. The Balaban J connectivity index is 2.20. The van der Waals surface area contributed by atoms with Crippen LogP contribution in [0.15, 0.2) is 36.7 Å². The molecule has 21 heavy (non-hydrogen) atoms. The minimum Gasteiger partial charge on any atom is -0.352 e. The first-order valence-corrected chi connectivity index (χ1v) is 7.31. The van der Waals surface area contributed by atoms with Gasteiger partial charge in [0.05, 0.1) is 33.2 Å². The molecule has 0 atom stereocenters. The molecular weight excluding hydrogens is 309 g/mol. The summed E-state index contributed by atoms with van der Waals surface area (Å²) >= 11 is 12.2. The molecule has 2 rings (SSSR count). The van der Waals surface area contributed by atoms with E-state index in [1.54, 1.807) is 30.5 Å². The maximum atomic E-state index is 11.9. The highest BCUT2D eigenvalue weighted by Gasteiger charge is 2.09. The van der Waals surface area contributed by atoms with Crippen molar-refractivity contribution in [2.75, 3.05) is 11.9 Å². The summed E-state index contributed by atoms with van der Waals surface area (Å²) in [6.45, 7) is 2.63. The number of amides is 1. The van der Waals surface area contributed by atoms with E-state index in [2.05, 4.69) is 15.6 Å². The van der Waals surface area contributed by atoms with Crippen molar-refractivity contribution >= 4 is 40.5 Å². The molecule has 0 unspecified atom stereocenters. The Morgan fingerprint density at radius 1 is 1.24 bits per heavy atom. The number of nitrogens with zero attached hydrogens (tertiary/aromatic N) is 1. The standard InChI is InChI=1S/C15H15Cl2N3O/c1-2-6-19-15(21)10-7-11(9-18-8-10)20-14-12(16)4-3-5-13(14)17/h3-5,7-9,20H,2,6H2,1H3,(H,19,21). The van der Waals surface area contributed by atoms with E-state index < -0.39 is 0 Å². The van der Waals surface area contributed by atoms with Gasteiger partial charge in [-0.3, -0.25) is 9.78 Å². The third-order valence-electron chi connectivity index (χ3n) is 2.77. The van der Waals surface area contributed by atoms with Gasteiger partial charge >= 0.3 is 0 Å². The van der Waals surface area contributed by atoms with E-state index >= 15 is 0 Å². The lowest BCUT2D eigenvalue weighted by molar-refractivity contribution is 0.0953. The Morgan fingerprint density at radius 3 is 2.62 bits per heavy atom. The third kappa shape index (κ3) is 4.09. The van der Waals surface area contributed by atoms with Crippen molar-refractivity contribution in [1.82, 2.24) is 10.3 Å². The molecule has 0 radical (unpaired) electrons. The summed E-state index contributed by atoms with van der Waals surface area (Å²) in [6.07, 6.45) is 4.01. The average molecular weight is 324 g/mol. The summed E-state index contributed by atoms with van der Waals surface area (Å²) in [5.41, 5.74) is 1.72. The number of carbonyl (C=O) groups is 1. The molecule has 4 nitrogen and oxygen atoms in total. The molecule has 1 aromatic carbocycles. The number of rotatable bonds is 5. The first-order valence-electron chi connectivity index (χ1n) is 6.56. The summed E-state index contributed by atoms with van der Waals surface area (Å²) in [5.74, 6) is -0.154. The number of aromatic nitrogens is 1. The van der Waals surface area contributed by atoms with Gasteiger partial charge in [-0.1, -0.05) is 36.2 Å². The lowest BCUT2D eigenvalue weighted by atomic mass is 10.2. The molecule has 0 fully saturated rings. The summed E-state index contributed by atoms with van der Waals surface area (Å²) in [5, 5.41) is 6.90. The van der Waals surface area contributed by atoms with Gasteiger partial charge in [0.25, 0.3) is 5.91 Å². The highest BCUT2D eigenvalue weighted by atomic mass is 35.5. The van der Waals surface area contributed by atoms with Gasteiger partial charge in [-0.2, -0.15) is 0 Å². The Bertz CT molecular complexity index is 626. The molecule has 1 amide bonds. The molecule has 0 bridgehead atoms. The van der Waals surface area contributed by atoms with Crippen LogP contribution in [0.25, 0.3) is 0 Å². The first kappa shape index (κ1) is 15.6. The van der Waals surface area contributed by atoms with Gasteiger partial charge in [0.15, 0.2) is 0 Å². The summed E-state index contributed by atoms with van der Waals surface area (Å²) < 4.78 is 0. The highest BCUT2D eigenvalue weighted by molar-refractivity contribution is 6.39. The quantitative estimate of drug-likeness (QED) is 0.863. The molecule has 2 N–H and O–H groups in total. The van der Waals surface area contributed by atoms with E-state index in [1.165, 1.54) is 6.20 Å². The summed E-state index contributed by atoms with van der Waals surface area (Å²) in [6, 6.07) is 6.95. The number of carbonyl (C=O) groups excluding carboxylic acids is 1. The van der Waals surface area contributed by atoms with Crippen molar-refractivity contribution in [2.24, 2.45) is 0 Å². The van der Waals surface area contributed by atoms with Gasteiger partial charge in [0, 0.05) is 12.7 Å². The molecule has 1 aromatic heterocycles. The topological polar surface area (TPSA) is 54.0 Å². The van der Waals surface area contributed by atoms with Gasteiger partial charge in [-0.15, -0.1) is 0 Å². The minimum atomic E-state index is -0.154. The van der Waals surface area contributed by atoms with Crippen LogP contribution < -0.4 is 10.6 Å². The van der Waals surface area contributed by atoms with Crippen molar-refractivity contribution in [3.63, 3.8) is 0 Å². The Hall–Kier alpha value is -1.78. The van der Waals surface area contributed by atoms with E-state index in [0.29, 0.717) is 33.5 Å². The fraction of sp³-hybridized carbons (Fsp3) is 0.200. The second-order valence-electron chi connectivity index (χ2n) is 4.44. The zero-order valence-electron chi connectivity index (χ0n) is 11.5. The number of hydrogen-bond acceptors (Lipinski definition) is 3. The molecule has 0 saturated carbocycles. The molecule has 1 heterocycles. The number of pyridine rings is 1.